The van der Waals surface area contributed by atoms with Gasteiger partial charge in [-0.25, -0.2) is 9.36 Å². The van der Waals surface area contributed by atoms with Crippen molar-refractivity contribution in [3.63, 3.8) is 0 Å². The van der Waals surface area contributed by atoms with E-state index in [1.165, 1.54) is 26.0 Å². The second kappa shape index (κ2) is 15.3. The van der Waals surface area contributed by atoms with Crippen molar-refractivity contribution in [1.82, 2.24) is 5.32 Å². The fraction of sp³-hybridized carbons (Fsp3) is 0.519. The Hall–Kier alpha value is -1.78. The van der Waals surface area contributed by atoms with Crippen LogP contribution in [0.3, 0.4) is 0 Å². The van der Waals surface area contributed by atoms with Crippen LogP contribution in [0.4, 0.5) is 4.79 Å². The Kier molecular flexibility index (Phi) is 13.1. The molecule has 0 saturated carbocycles. The average Bonchev–Trinajstić information content (AvgIpc) is 2.89. The second-order valence-electron chi connectivity index (χ2n) is 9.70. The number of hydrogen-bond donors (Lipinski definition) is 1. The maximum Gasteiger partial charge on any atom is 0.474 e. The zero-order valence-electron chi connectivity index (χ0n) is 23.6. The summed E-state index contributed by atoms with van der Waals surface area (Å²) in [7, 11) is 0.277. The molecule has 9 nitrogen and oxygen atoms in total. The van der Waals surface area contributed by atoms with Crippen LogP contribution in [0.1, 0.15) is 46.1 Å². The summed E-state index contributed by atoms with van der Waals surface area (Å²) in [6.45, 7) is 7.27. The normalized spacial score (nSPS) is 13.5. The molecular formula is C27H39ClNO8PS. The van der Waals surface area contributed by atoms with Gasteiger partial charge in [-0.05, 0) is 69.9 Å². The van der Waals surface area contributed by atoms with Crippen molar-refractivity contribution in [2.24, 2.45) is 0 Å². The molecule has 0 aliphatic heterocycles. The fourth-order valence-corrected chi connectivity index (χ4v) is 5.56. The van der Waals surface area contributed by atoms with Gasteiger partial charge in [0.15, 0.2) is 6.79 Å². The number of ether oxygens (including phenoxy) is 3. The fourth-order valence-electron chi connectivity index (χ4n) is 3.51. The van der Waals surface area contributed by atoms with Crippen LogP contribution < -0.4 is 10.1 Å². The average molecular weight is 604 g/mol. The summed E-state index contributed by atoms with van der Waals surface area (Å²) in [6.07, 6.45) is 0.790. The molecule has 39 heavy (non-hydrogen) atoms. The van der Waals surface area contributed by atoms with Crippen LogP contribution in [0.2, 0.25) is 5.02 Å². The third-order valence-electron chi connectivity index (χ3n) is 5.70. The molecule has 1 N–H and O–H groups in total. The first kappa shape index (κ1) is 33.4. The van der Waals surface area contributed by atoms with Gasteiger partial charge in [-0.1, -0.05) is 48.5 Å². The van der Waals surface area contributed by atoms with Crippen molar-refractivity contribution >= 4 is 37.3 Å². The van der Waals surface area contributed by atoms with Gasteiger partial charge >= 0.3 is 13.9 Å². The Morgan fingerprint density at radius 3 is 2.36 bits per heavy atom. The van der Waals surface area contributed by atoms with Gasteiger partial charge in [0.25, 0.3) is 0 Å². The van der Waals surface area contributed by atoms with Gasteiger partial charge < -0.3 is 19.5 Å². The van der Waals surface area contributed by atoms with Crippen molar-refractivity contribution in [3.8, 4) is 5.75 Å². The maximum absolute atomic E-state index is 12.7. The van der Waals surface area contributed by atoms with Crippen molar-refractivity contribution < 1.29 is 37.1 Å². The summed E-state index contributed by atoms with van der Waals surface area (Å²) < 4.78 is 44.1. The highest BCUT2D eigenvalue weighted by Gasteiger charge is 2.36. The lowest BCUT2D eigenvalue weighted by Gasteiger charge is -2.35. The monoisotopic (exact) mass is 603 g/mol. The SMILES string of the molecule is CCC(CCc1ccc(Sc2ccccc2OCOC)cc1Cl)(COP(=O)(OC)OC)NC(=O)OC(C)(C)C. The van der Waals surface area contributed by atoms with E-state index >= 15 is 0 Å². The molecule has 2 aromatic rings. The molecule has 0 spiro atoms. The van der Waals surface area contributed by atoms with Crippen LogP contribution in [0.15, 0.2) is 52.3 Å². The summed E-state index contributed by atoms with van der Waals surface area (Å²) in [6, 6.07) is 13.5. The molecule has 0 aromatic heterocycles. The van der Waals surface area contributed by atoms with Crippen molar-refractivity contribution in [1.29, 1.82) is 0 Å². The van der Waals surface area contributed by atoms with Gasteiger partial charge in [-0.2, -0.15) is 0 Å². The van der Waals surface area contributed by atoms with Crippen LogP contribution in [0, 0.1) is 0 Å². The summed E-state index contributed by atoms with van der Waals surface area (Å²) in [4.78, 5) is 14.6. The Morgan fingerprint density at radius 1 is 1.08 bits per heavy atom. The van der Waals surface area contributed by atoms with Crippen molar-refractivity contribution in [3.05, 3.63) is 53.1 Å². The smallest absolute Gasteiger partial charge is 0.466 e. The predicted octanol–water partition coefficient (Wildman–Crippen LogP) is 7.50. The number of carbonyl (C=O) groups excluding carboxylic acids is 1. The molecule has 12 heteroatoms. The Balaban J connectivity index is 2.22. The van der Waals surface area contributed by atoms with Crippen LogP contribution in [-0.4, -0.2) is 52.0 Å². The first-order valence-corrected chi connectivity index (χ1v) is 15.1. The lowest BCUT2D eigenvalue weighted by Crippen LogP contribution is -2.53. The van der Waals surface area contributed by atoms with E-state index in [0.717, 1.165) is 21.1 Å². The van der Waals surface area contributed by atoms with E-state index in [9.17, 15) is 9.36 Å². The highest BCUT2D eigenvalue weighted by molar-refractivity contribution is 7.99. The van der Waals surface area contributed by atoms with Crippen LogP contribution >= 0.6 is 31.2 Å². The molecule has 1 atom stereocenters. The van der Waals surface area contributed by atoms with Crippen molar-refractivity contribution in [2.75, 3.05) is 34.7 Å². The zero-order valence-corrected chi connectivity index (χ0v) is 26.0. The molecule has 0 heterocycles. The van der Waals surface area contributed by atoms with Gasteiger partial charge in [0.2, 0.25) is 0 Å². The molecule has 0 radical (unpaired) electrons. The number of amides is 1. The lowest BCUT2D eigenvalue weighted by atomic mass is 9.89. The van der Waals surface area contributed by atoms with Crippen LogP contribution in [-0.2, 0) is 34.0 Å². The number of phosphoric ester groups is 1. The molecule has 218 valence electrons. The number of carbonyl (C=O) groups is 1. The number of nitrogens with one attached hydrogen (secondary N) is 1. The van der Waals surface area contributed by atoms with E-state index < -0.39 is 25.1 Å². The number of para-hydroxylation sites is 1. The first-order chi connectivity index (χ1) is 18.4. The quantitative estimate of drug-likeness (QED) is 0.164. The number of benzene rings is 2. The number of hydrogen-bond acceptors (Lipinski definition) is 9. The molecule has 1 amide bonds. The van der Waals surface area contributed by atoms with Crippen molar-refractivity contribution in [2.45, 2.75) is 67.9 Å². The molecule has 0 aliphatic rings. The molecule has 0 bridgehead atoms. The molecule has 2 rings (SSSR count). The van der Waals surface area contributed by atoms with E-state index in [4.69, 9.17) is 39.4 Å². The molecule has 1 unspecified atom stereocenters. The number of rotatable bonds is 15. The van der Waals surface area contributed by atoms with Crippen LogP contribution in [0.25, 0.3) is 0 Å². The number of methoxy groups -OCH3 is 1. The standard InChI is InChI=1S/C27H39ClNO8PS/c1-8-27(18-36-38(31,33-6)34-7,29-25(30)37-26(2,3)4)16-15-20-13-14-21(17-22(20)28)39-24-12-10-9-11-23(24)35-19-32-5/h9-14,17H,8,15-16,18-19H2,1-7H3,(H,29,30). The summed E-state index contributed by atoms with van der Waals surface area (Å²) >= 11 is 8.21. The third-order valence-corrected chi connectivity index (χ3v) is 8.43. The second-order valence-corrected chi connectivity index (χ2v) is 13.1. The largest absolute Gasteiger partial charge is 0.474 e. The zero-order chi connectivity index (χ0) is 29.1. The van der Waals surface area contributed by atoms with Gasteiger partial charge in [0.05, 0.1) is 17.0 Å². The molecule has 0 fully saturated rings. The predicted molar refractivity (Wildman–Crippen MR) is 153 cm³/mol. The van der Waals surface area contributed by atoms with E-state index in [1.54, 1.807) is 27.9 Å². The van der Waals surface area contributed by atoms with Gasteiger partial charge in [-0.15, -0.1) is 0 Å². The molecule has 2 aromatic carbocycles. The van der Waals surface area contributed by atoms with E-state index in [0.29, 0.717) is 24.3 Å². The van der Waals surface area contributed by atoms with E-state index in [-0.39, 0.29) is 13.4 Å². The summed E-state index contributed by atoms with van der Waals surface area (Å²) in [5.41, 5.74) is -0.734. The third kappa shape index (κ3) is 11.0. The number of aryl methyl sites for hydroxylation is 1. The highest BCUT2D eigenvalue weighted by Crippen LogP contribution is 2.48. The van der Waals surface area contributed by atoms with Gasteiger partial charge in [0.1, 0.15) is 11.4 Å². The van der Waals surface area contributed by atoms with Gasteiger partial charge in [-0.3, -0.25) is 13.6 Å². The van der Waals surface area contributed by atoms with Crippen LogP contribution in [0.5, 0.6) is 5.75 Å². The molecule has 0 aliphatic carbocycles. The Bertz CT molecular complexity index is 1120. The highest BCUT2D eigenvalue weighted by atomic mass is 35.5. The minimum Gasteiger partial charge on any atom is -0.466 e. The first-order valence-electron chi connectivity index (χ1n) is 12.4. The number of halogens is 1. The van der Waals surface area contributed by atoms with E-state index in [1.807, 2.05) is 49.4 Å². The van der Waals surface area contributed by atoms with Gasteiger partial charge in [0, 0.05) is 31.2 Å². The maximum atomic E-state index is 12.7. The Labute approximate surface area is 240 Å². The van der Waals surface area contributed by atoms with E-state index in [2.05, 4.69) is 5.32 Å². The number of alkyl carbamates (subject to hydrolysis) is 1. The topological polar surface area (TPSA) is 102 Å². The minimum atomic E-state index is -3.77. The molecular weight excluding hydrogens is 565 g/mol. The summed E-state index contributed by atoms with van der Waals surface area (Å²) in [5, 5.41) is 3.51. The lowest BCUT2D eigenvalue weighted by molar-refractivity contribution is 0.0359. The minimum absolute atomic E-state index is 0.120. The number of phosphoric acid groups is 1. The Morgan fingerprint density at radius 2 is 1.77 bits per heavy atom. The summed E-state index contributed by atoms with van der Waals surface area (Å²) in [5.74, 6) is 0.718. The molecule has 0 saturated heterocycles.